The Morgan fingerprint density at radius 3 is 2.73 bits per heavy atom. The van der Waals surface area contributed by atoms with Gasteiger partial charge in [0.05, 0.1) is 5.69 Å². The highest BCUT2D eigenvalue weighted by Gasteiger charge is 2.09. The van der Waals surface area contributed by atoms with Crippen LogP contribution in [0.5, 0.6) is 0 Å². The first-order chi connectivity index (χ1) is 7.16. The van der Waals surface area contributed by atoms with E-state index in [1.165, 1.54) is 11.3 Å². The summed E-state index contributed by atoms with van der Waals surface area (Å²) in [6.45, 7) is 4.47. The van der Waals surface area contributed by atoms with E-state index in [-0.39, 0.29) is 0 Å². The van der Waals surface area contributed by atoms with Gasteiger partial charge in [-0.2, -0.15) is 0 Å². The fourth-order valence-electron chi connectivity index (χ4n) is 1.20. The van der Waals surface area contributed by atoms with Crippen LogP contribution >= 0.6 is 27.3 Å². The van der Waals surface area contributed by atoms with Crippen LogP contribution in [0.25, 0.3) is 0 Å². The molecule has 2 aromatic heterocycles. The predicted molar refractivity (Wildman–Crippen MR) is 60.9 cm³/mol. The lowest BCUT2D eigenvalue weighted by molar-refractivity contribution is 0.392. The van der Waals surface area contributed by atoms with Crippen LogP contribution in [-0.2, 0) is 6.54 Å². The van der Waals surface area contributed by atoms with E-state index in [4.69, 9.17) is 4.52 Å². The highest BCUT2D eigenvalue weighted by atomic mass is 79.9. The molecule has 1 N–H and O–H groups in total. The second-order valence-corrected chi connectivity index (χ2v) is 5.27. The molecule has 0 aromatic carbocycles. The number of aromatic nitrogens is 3. The lowest BCUT2D eigenvalue weighted by Gasteiger charge is -2.00. The number of halogens is 1. The minimum atomic E-state index is 0.656. The second-order valence-electron chi connectivity index (χ2n) is 3.02. The summed E-state index contributed by atoms with van der Waals surface area (Å²) in [5.41, 5.74) is 1.98. The molecule has 0 aliphatic carbocycles. The van der Waals surface area contributed by atoms with Gasteiger partial charge in [-0.1, -0.05) is 16.5 Å². The standard InChI is InChI=1S/C8H9BrN4OS/c1-4-6(5(2)14-13-4)3-10-8-12-11-7(9)15-8/h3H2,1-2H3,(H,10,12). The minimum Gasteiger partial charge on any atom is -0.361 e. The maximum Gasteiger partial charge on any atom is 0.206 e. The Morgan fingerprint density at radius 2 is 2.20 bits per heavy atom. The third-order valence-electron chi connectivity index (χ3n) is 2.00. The largest absolute Gasteiger partial charge is 0.361 e. The van der Waals surface area contributed by atoms with Crippen LogP contribution in [0.4, 0.5) is 5.13 Å². The van der Waals surface area contributed by atoms with Crippen molar-refractivity contribution in [3.05, 3.63) is 20.9 Å². The van der Waals surface area contributed by atoms with Gasteiger partial charge in [0.1, 0.15) is 5.76 Å². The molecule has 15 heavy (non-hydrogen) atoms. The number of aryl methyl sites for hydroxylation is 2. The molecule has 2 heterocycles. The van der Waals surface area contributed by atoms with E-state index < -0.39 is 0 Å². The fourth-order valence-corrected chi connectivity index (χ4v) is 2.20. The summed E-state index contributed by atoms with van der Waals surface area (Å²) >= 11 is 4.71. The first-order valence-corrected chi connectivity index (χ1v) is 5.92. The second kappa shape index (κ2) is 4.28. The molecule has 80 valence electrons. The average Bonchev–Trinajstić information content (AvgIpc) is 2.73. The van der Waals surface area contributed by atoms with E-state index in [9.17, 15) is 0 Å². The first kappa shape index (κ1) is 10.6. The molecule has 0 unspecified atom stereocenters. The average molecular weight is 289 g/mol. The molecule has 0 aliphatic rings. The summed E-state index contributed by atoms with van der Waals surface area (Å²) in [4.78, 5) is 0. The van der Waals surface area contributed by atoms with Gasteiger partial charge in [-0.15, -0.1) is 10.2 Å². The number of hydrogen-bond donors (Lipinski definition) is 1. The van der Waals surface area contributed by atoms with Crippen molar-refractivity contribution in [3.8, 4) is 0 Å². The Kier molecular flexibility index (Phi) is 3.01. The van der Waals surface area contributed by atoms with Crippen molar-refractivity contribution in [2.24, 2.45) is 0 Å². The summed E-state index contributed by atoms with van der Waals surface area (Å²) < 4.78 is 5.82. The van der Waals surface area contributed by atoms with Gasteiger partial charge in [0.2, 0.25) is 5.13 Å². The van der Waals surface area contributed by atoms with Crippen LogP contribution in [0.1, 0.15) is 17.0 Å². The maximum atomic E-state index is 5.06. The number of hydrogen-bond acceptors (Lipinski definition) is 6. The van der Waals surface area contributed by atoms with E-state index in [1.54, 1.807) is 0 Å². The zero-order chi connectivity index (χ0) is 10.8. The molecule has 0 atom stereocenters. The molecule has 0 bridgehead atoms. The highest BCUT2D eigenvalue weighted by Crippen LogP contribution is 2.21. The van der Waals surface area contributed by atoms with Gasteiger partial charge in [-0.25, -0.2) is 0 Å². The van der Waals surface area contributed by atoms with Crippen LogP contribution in [0.15, 0.2) is 8.44 Å². The van der Waals surface area contributed by atoms with Gasteiger partial charge in [-0.3, -0.25) is 0 Å². The molecule has 0 amide bonds. The zero-order valence-electron chi connectivity index (χ0n) is 8.24. The van der Waals surface area contributed by atoms with Crippen molar-refractivity contribution in [1.29, 1.82) is 0 Å². The monoisotopic (exact) mass is 288 g/mol. The van der Waals surface area contributed by atoms with Crippen molar-refractivity contribution in [2.45, 2.75) is 20.4 Å². The molecule has 0 spiro atoms. The summed E-state index contributed by atoms with van der Waals surface area (Å²) in [5.74, 6) is 0.837. The Bertz CT molecular complexity index is 447. The molecule has 2 aromatic rings. The first-order valence-electron chi connectivity index (χ1n) is 4.31. The van der Waals surface area contributed by atoms with Crippen LogP contribution in [-0.4, -0.2) is 15.4 Å². The summed E-state index contributed by atoms with van der Waals surface area (Å²) in [6, 6.07) is 0. The molecule has 5 nitrogen and oxygen atoms in total. The summed E-state index contributed by atoms with van der Waals surface area (Å²) in [6.07, 6.45) is 0. The Balaban J connectivity index is 2.05. The van der Waals surface area contributed by atoms with Crippen molar-refractivity contribution >= 4 is 32.4 Å². The van der Waals surface area contributed by atoms with E-state index in [0.29, 0.717) is 6.54 Å². The topological polar surface area (TPSA) is 63.8 Å². The molecule has 0 radical (unpaired) electrons. The zero-order valence-corrected chi connectivity index (χ0v) is 10.6. The quantitative estimate of drug-likeness (QED) is 0.940. The fraction of sp³-hybridized carbons (Fsp3) is 0.375. The maximum absolute atomic E-state index is 5.06. The normalized spacial score (nSPS) is 10.6. The lowest BCUT2D eigenvalue weighted by atomic mass is 10.2. The van der Waals surface area contributed by atoms with Gasteiger partial charge in [0, 0.05) is 12.1 Å². The molecule has 2 rings (SSSR count). The number of nitrogens with one attached hydrogen (secondary N) is 1. The molecule has 0 saturated carbocycles. The molecular weight excluding hydrogens is 280 g/mol. The summed E-state index contributed by atoms with van der Waals surface area (Å²) in [7, 11) is 0. The minimum absolute atomic E-state index is 0.656. The van der Waals surface area contributed by atoms with Gasteiger partial charge >= 0.3 is 0 Å². The Labute approximate surface area is 99.0 Å². The summed E-state index contributed by atoms with van der Waals surface area (Å²) in [5, 5.41) is 15.6. The molecule has 0 saturated heterocycles. The predicted octanol–water partition coefficient (Wildman–Crippen LogP) is 2.52. The van der Waals surface area contributed by atoms with Crippen molar-refractivity contribution in [2.75, 3.05) is 5.32 Å². The third kappa shape index (κ3) is 2.35. The molecule has 0 fully saturated rings. The SMILES string of the molecule is Cc1noc(C)c1CNc1nnc(Br)s1. The van der Waals surface area contributed by atoms with Crippen LogP contribution in [0.3, 0.4) is 0 Å². The van der Waals surface area contributed by atoms with Crippen LogP contribution < -0.4 is 5.32 Å². The third-order valence-corrected chi connectivity index (χ3v) is 3.31. The van der Waals surface area contributed by atoms with E-state index >= 15 is 0 Å². The Morgan fingerprint density at radius 1 is 1.40 bits per heavy atom. The molecule has 0 aliphatic heterocycles. The van der Waals surface area contributed by atoms with E-state index in [2.05, 4.69) is 36.6 Å². The van der Waals surface area contributed by atoms with Crippen LogP contribution in [0.2, 0.25) is 0 Å². The van der Waals surface area contributed by atoms with Crippen molar-refractivity contribution in [1.82, 2.24) is 15.4 Å². The highest BCUT2D eigenvalue weighted by molar-refractivity contribution is 9.11. The number of anilines is 1. The van der Waals surface area contributed by atoms with Gasteiger partial charge in [-0.05, 0) is 29.8 Å². The van der Waals surface area contributed by atoms with Gasteiger partial charge in [0.15, 0.2) is 3.92 Å². The molecule has 7 heteroatoms. The molecular formula is C8H9BrN4OS. The van der Waals surface area contributed by atoms with Gasteiger partial charge < -0.3 is 9.84 Å². The lowest BCUT2D eigenvalue weighted by Crippen LogP contribution is -2.00. The Hall–Kier alpha value is -0.950. The van der Waals surface area contributed by atoms with E-state index in [0.717, 1.165) is 26.1 Å². The smallest absolute Gasteiger partial charge is 0.206 e. The number of rotatable bonds is 3. The van der Waals surface area contributed by atoms with Crippen molar-refractivity contribution in [3.63, 3.8) is 0 Å². The van der Waals surface area contributed by atoms with E-state index in [1.807, 2.05) is 13.8 Å². The van der Waals surface area contributed by atoms with Gasteiger partial charge in [0.25, 0.3) is 0 Å². The van der Waals surface area contributed by atoms with Crippen molar-refractivity contribution < 1.29 is 4.52 Å². The van der Waals surface area contributed by atoms with Crippen LogP contribution in [0, 0.1) is 13.8 Å². The number of nitrogens with zero attached hydrogens (tertiary/aromatic N) is 3.